The molecule has 2 aromatic heterocycles. The van der Waals surface area contributed by atoms with Crippen LogP contribution < -0.4 is 5.56 Å². The van der Waals surface area contributed by atoms with Gasteiger partial charge in [-0.2, -0.15) is 22.9 Å². The number of fused-ring (bicyclic) bond motifs is 2. The molecule has 0 saturated carbocycles. The third kappa shape index (κ3) is 5.12. The van der Waals surface area contributed by atoms with Gasteiger partial charge < -0.3 is 9.30 Å². The number of alkyl halides is 3. The first kappa shape index (κ1) is 26.9. The predicted molar refractivity (Wildman–Crippen MR) is 147 cm³/mol. The van der Waals surface area contributed by atoms with Crippen LogP contribution in [-0.2, 0) is 22.3 Å². The molecule has 0 atom stereocenters. The second kappa shape index (κ2) is 10.4. The molecule has 0 saturated heterocycles. The van der Waals surface area contributed by atoms with Gasteiger partial charge in [0.15, 0.2) is 5.82 Å². The first-order chi connectivity index (χ1) is 19.0. The molecule has 0 fully saturated rings. The lowest BCUT2D eigenvalue weighted by Gasteiger charge is -2.12. The smallest absolute Gasteiger partial charge is 0.416 e. The number of hydrogen-bond donors (Lipinski definition) is 0. The summed E-state index contributed by atoms with van der Waals surface area (Å²) in [5, 5.41) is 5.50. The van der Waals surface area contributed by atoms with E-state index in [0.29, 0.717) is 16.8 Å². The molecule has 0 N–H and O–H groups in total. The zero-order chi connectivity index (χ0) is 28.6. The van der Waals surface area contributed by atoms with E-state index in [4.69, 9.17) is 4.74 Å². The van der Waals surface area contributed by atoms with E-state index in [1.165, 1.54) is 18.3 Å². The zero-order valence-electron chi connectivity index (χ0n) is 21.9. The molecule has 3 aromatic carbocycles. The van der Waals surface area contributed by atoms with Gasteiger partial charge in [0, 0.05) is 27.7 Å². The third-order valence-electron chi connectivity index (χ3n) is 6.44. The van der Waals surface area contributed by atoms with E-state index < -0.39 is 23.3 Å². The summed E-state index contributed by atoms with van der Waals surface area (Å²) in [7, 11) is 0. The van der Waals surface area contributed by atoms with Gasteiger partial charge in [0.05, 0.1) is 28.8 Å². The van der Waals surface area contributed by atoms with Crippen molar-refractivity contribution in [3.8, 4) is 11.4 Å². The molecule has 0 unspecified atom stereocenters. The quantitative estimate of drug-likeness (QED) is 0.188. The van der Waals surface area contributed by atoms with Gasteiger partial charge in [-0.15, -0.1) is 0 Å². The minimum absolute atomic E-state index is 0.0225. The molecule has 0 aliphatic heterocycles. The Balaban J connectivity index is 1.68. The third-order valence-corrected chi connectivity index (χ3v) is 6.44. The van der Waals surface area contributed by atoms with Crippen molar-refractivity contribution >= 4 is 34.0 Å². The van der Waals surface area contributed by atoms with E-state index in [-0.39, 0.29) is 29.4 Å². The van der Waals surface area contributed by atoms with Crippen molar-refractivity contribution in [2.45, 2.75) is 39.6 Å². The second-order valence-electron chi connectivity index (χ2n) is 9.53. The number of carbonyl (C=O) groups is 1. The van der Waals surface area contributed by atoms with Gasteiger partial charge in [0.2, 0.25) is 0 Å². The molecular weight excluding hydrogens is 521 g/mol. The predicted octanol–water partition coefficient (Wildman–Crippen LogP) is 6.18. The summed E-state index contributed by atoms with van der Waals surface area (Å²) >= 11 is 0. The van der Waals surface area contributed by atoms with Crippen LogP contribution >= 0.6 is 0 Å². The van der Waals surface area contributed by atoms with Gasteiger partial charge in [0.1, 0.15) is 6.54 Å². The number of benzene rings is 3. The van der Waals surface area contributed by atoms with Crippen LogP contribution in [0, 0.1) is 6.92 Å². The van der Waals surface area contributed by atoms with Crippen molar-refractivity contribution in [2.75, 3.05) is 0 Å². The Kier molecular flexibility index (Phi) is 7.01. The molecule has 0 aliphatic carbocycles. The number of esters is 1. The number of rotatable bonds is 6. The van der Waals surface area contributed by atoms with Gasteiger partial charge in [-0.05, 0) is 51.1 Å². The summed E-state index contributed by atoms with van der Waals surface area (Å²) in [6.07, 6.45) is -3.37. The molecule has 0 amide bonds. The summed E-state index contributed by atoms with van der Waals surface area (Å²) in [5.41, 5.74) is 1.14. The molecule has 10 heteroatoms. The Hall–Kier alpha value is -4.73. The van der Waals surface area contributed by atoms with Crippen molar-refractivity contribution in [3.63, 3.8) is 0 Å². The molecule has 7 nitrogen and oxygen atoms in total. The fourth-order valence-electron chi connectivity index (χ4n) is 4.62. The molecule has 5 aromatic rings. The van der Waals surface area contributed by atoms with E-state index in [2.05, 4.69) is 10.1 Å². The first-order valence-corrected chi connectivity index (χ1v) is 12.6. The van der Waals surface area contributed by atoms with Crippen LogP contribution in [0.25, 0.3) is 33.2 Å². The van der Waals surface area contributed by atoms with Crippen molar-refractivity contribution in [1.29, 1.82) is 0 Å². The molecule has 0 radical (unpaired) electrons. The largest absolute Gasteiger partial charge is 0.462 e. The van der Waals surface area contributed by atoms with Crippen LogP contribution in [0.15, 0.2) is 82.7 Å². The minimum Gasteiger partial charge on any atom is -0.462 e. The van der Waals surface area contributed by atoms with Crippen LogP contribution in [0.5, 0.6) is 0 Å². The number of aromatic nitrogens is 3. The van der Waals surface area contributed by atoms with Gasteiger partial charge >= 0.3 is 12.1 Å². The maximum absolute atomic E-state index is 13.5. The summed E-state index contributed by atoms with van der Waals surface area (Å²) in [6.45, 7) is 5.34. The van der Waals surface area contributed by atoms with Crippen molar-refractivity contribution in [1.82, 2.24) is 14.2 Å². The van der Waals surface area contributed by atoms with E-state index in [9.17, 15) is 22.8 Å². The van der Waals surface area contributed by atoms with Gasteiger partial charge in [-0.25, -0.2) is 4.98 Å². The van der Waals surface area contributed by atoms with Gasteiger partial charge in [-0.1, -0.05) is 42.5 Å². The van der Waals surface area contributed by atoms with E-state index in [1.54, 1.807) is 42.7 Å². The van der Waals surface area contributed by atoms with Crippen LogP contribution in [0.4, 0.5) is 13.2 Å². The molecule has 0 bridgehead atoms. The number of ether oxygens (including phenoxy) is 1. The lowest BCUT2D eigenvalue weighted by atomic mass is 10.1. The minimum atomic E-state index is -4.57. The summed E-state index contributed by atoms with van der Waals surface area (Å²) in [4.78, 5) is 30.5. The molecule has 0 aliphatic rings. The number of nitrogens with zero attached hydrogens (tertiary/aromatic N) is 4. The Bertz CT molecular complexity index is 1830. The standard InChI is InChI=1S/C30H25F3N4O3/c1-18(2)40-27(38)17-36-19(3)24(22-11-5-7-14-26(22)36)16-34-37-28(20-9-8-10-21(15-20)30(31,32)33)35-25-13-6-4-12-23(25)29(37)39/h4-16,18H,17H2,1-3H3. The SMILES string of the molecule is Cc1c(C=Nn2c(-c3cccc(C(F)(F)F)c3)nc3ccccc3c2=O)c2ccccc2n1CC(=O)OC(C)C. The van der Waals surface area contributed by atoms with Crippen molar-refractivity contribution < 1.29 is 22.7 Å². The lowest BCUT2D eigenvalue weighted by Crippen LogP contribution is -2.20. The van der Waals surface area contributed by atoms with E-state index in [1.807, 2.05) is 31.2 Å². The Morgan fingerprint density at radius 3 is 2.45 bits per heavy atom. The average molecular weight is 547 g/mol. The van der Waals surface area contributed by atoms with Crippen LogP contribution in [0.3, 0.4) is 0 Å². The summed E-state index contributed by atoms with van der Waals surface area (Å²) < 4.78 is 48.6. The highest BCUT2D eigenvalue weighted by Gasteiger charge is 2.31. The van der Waals surface area contributed by atoms with E-state index in [0.717, 1.165) is 27.7 Å². The topological polar surface area (TPSA) is 78.5 Å². The maximum atomic E-state index is 13.5. The average Bonchev–Trinajstić information content (AvgIpc) is 3.17. The van der Waals surface area contributed by atoms with Crippen LogP contribution in [-0.4, -0.2) is 32.5 Å². The molecule has 40 heavy (non-hydrogen) atoms. The Morgan fingerprint density at radius 2 is 1.73 bits per heavy atom. The fraction of sp³-hybridized carbons (Fsp3) is 0.200. The Morgan fingerprint density at radius 1 is 1.02 bits per heavy atom. The monoisotopic (exact) mass is 546 g/mol. The van der Waals surface area contributed by atoms with Crippen LogP contribution in [0.2, 0.25) is 0 Å². The highest BCUT2D eigenvalue weighted by atomic mass is 19.4. The second-order valence-corrected chi connectivity index (χ2v) is 9.53. The number of halogens is 3. The van der Waals surface area contributed by atoms with Crippen molar-refractivity contribution in [2.24, 2.45) is 5.10 Å². The summed E-state index contributed by atoms with van der Waals surface area (Å²) in [6, 6.07) is 18.6. The molecule has 5 rings (SSSR count). The summed E-state index contributed by atoms with van der Waals surface area (Å²) in [5.74, 6) is -0.433. The molecular formula is C30H25F3N4O3. The molecule has 0 spiro atoms. The number of hydrogen-bond acceptors (Lipinski definition) is 5. The van der Waals surface area contributed by atoms with E-state index >= 15 is 0 Å². The number of carbonyl (C=O) groups excluding carboxylic acids is 1. The maximum Gasteiger partial charge on any atom is 0.416 e. The highest BCUT2D eigenvalue weighted by Crippen LogP contribution is 2.32. The normalized spacial score (nSPS) is 12.2. The fourth-order valence-corrected chi connectivity index (χ4v) is 4.62. The van der Waals surface area contributed by atoms with Crippen LogP contribution in [0.1, 0.15) is 30.7 Å². The van der Waals surface area contributed by atoms with Gasteiger partial charge in [0.25, 0.3) is 5.56 Å². The van der Waals surface area contributed by atoms with Gasteiger partial charge in [-0.3, -0.25) is 9.59 Å². The van der Waals surface area contributed by atoms with Crippen molar-refractivity contribution in [3.05, 3.63) is 100.0 Å². The first-order valence-electron chi connectivity index (χ1n) is 12.6. The number of para-hydroxylation sites is 2. The lowest BCUT2D eigenvalue weighted by molar-refractivity contribution is -0.148. The zero-order valence-corrected chi connectivity index (χ0v) is 21.9. The molecule has 2 heterocycles. The Labute approximate surface area is 227 Å². The molecule has 204 valence electrons. The highest BCUT2D eigenvalue weighted by molar-refractivity contribution is 6.01.